The summed E-state index contributed by atoms with van der Waals surface area (Å²) in [5.74, 6) is 0. The fourth-order valence-corrected chi connectivity index (χ4v) is 5.79. The van der Waals surface area contributed by atoms with Crippen molar-refractivity contribution in [3.05, 3.63) is 206 Å². The Morgan fingerprint density at radius 1 is 0.390 bits per heavy atom. The van der Waals surface area contributed by atoms with Gasteiger partial charge >= 0.3 is 5.66 Å². The molecule has 5 aromatic carbocycles. The molecule has 0 radical (unpaired) electrons. The van der Waals surface area contributed by atoms with Gasteiger partial charge in [-0.1, -0.05) is 356 Å². The van der Waals surface area contributed by atoms with E-state index in [-0.39, 0.29) is 5.56 Å². The summed E-state index contributed by atoms with van der Waals surface area (Å²) in [5, 5.41) is 0. The standard InChI is InChI=1S/C9H11F2OP.C9H13OP.3C7H8.C5H12.3C4H10.3C3H8.C2H6.C2H4.C2H3/c1-13(2,12)9(10,11)8-6-4-3-5-7-8;1-11(2,10)8-9-6-4-3-5-7-9;3*1-7-5-3-2-4-6-7;1-3-5-4-2;3*1-3-4-2;3*1-3-2;3*1-2/h3-7H,1-2H3;3-7H,8H2,1-2H3;3*2-6H,1H3;3-5H2,1-2H3;3*3-4H2,1-2H3;3*3H2,1-2H3;1-2H3;1-2H2;1H,2H2/q;;;;;;;;;;;;;;-1. The Balaban J connectivity index is -0.0000000812. The van der Waals surface area contributed by atoms with Crippen molar-refractivity contribution >= 4 is 14.3 Å². The molecule has 0 unspecified atom stereocenters. The Morgan fingerprint density at radius 3 is 0.714 bits per heavy atom. The van der Waals surface area contributed by atoms with Gasteiger partial charge in [0.25, 0.3) is 0 Å². The zero-order chi connectivity index (χ0) is 62.3. The largest absolute Gasteiger partial charge is 0.521 e. The van der Waals surface area contributed by atoms with Gasteiger partial charge in [-0.15, -0.1) is 13.2 Å². The lowest BCUT2D eigenvalue weighted by Gasteiger charge is -2.20. The van der Waals surface area contributed by atoms with Crippen molar-refractivity contribution in [2.24, 2.45) is 0 Å². The van der Waals surface area contributed by atoms with E-state index in [1.807, 2.05) is 112 Å². The number of unbranched alkanes of at least 4 members (excludes halogenated alkanes) is 5. The van der Waals surface area contributed by atoms with Crippen LogP contribution in [0.4, 0.5) is 8.78 Å². The molecule has 448 valence electrons. The van der Waals surface area contributed by atoms with E-state index in [4.69, 9.17) is 0 Å². The number of hydrogen-bond donors (Lipinski definition) is 0. The SMILES string of the molecule is C=C.CC.CCC.CCC.CCC.CCCC.CCCC.CCCC.CCCCC.CP(C)(=O)C(F)(F)c1ccccc1.CP(C)(=O)Cc1ccccc1.Cc1ccccc1.Cc1ccccc1.Cc1ccccc1.[CH-]=C. The lowest BCUT2D eigenvalue weighted by Crippen LogP contribution is -2.12. The van der Waals surface area contributed by atoms with Crippen LogP contribution in [0.15, 0.2) is 171 Å². The van der Waals surface area contributed by atoms with Crippen LogP contribution in [-0.4, -0.2) is 26.7 Å². The molecule has 6 heteroatoms. The molecule has 0 N–H and O–H groups in total. The predicted octanol–water partition coefficient (Wildman–Crippen LogP) is 26.5. The van der Waals surface area contributed by atoms with Crippen LogP contribution in [-0.2, 0) is 21.0 Å². The first kappa shape index (κ1) is 95.3. The van der Waals surface area contributed by atoms with Gasteiger partial charge in [0, 0.05) is 11.7 Å². The molecule has 5 aromatic rings. The van der Waals surface area contributed by atoms with Crippen molar-refractivity contribution in [1.82, 2.24) is 0 Å². The van der Waals surface area contributed by atoms with Gasteiger partial charge in [0.15, 0.2) is 7.14 Å². The Morgan fingerprint density at radius 2 is 0.584 bits per heavy atom. The van der Waals surface area contributed by atoms with Crippen LogP contribution in [0.1, 0.15) is 216 Å². The first-order chi connectivity index (χ1) is 36.5. The Kier molecular flexibility index (Phi) is 99.9. The van der Waals surface area contributed by atoms with Gasteiger partial charge in [-0.2, -0.15) is 8.78 Å². The van der Waals surface area contributed by atoms with Gasteiger partial charge < -0.3 is 15.7 Å². The second kappa shape index (κ2) is 80.8. The summed E-state index contributed by atoms with van der Waals surface area (Å²) in [6.07, 6.45) is 16.5. The second-order valence-electron chi connectivity index (χ2n) is 17.9. The molecule has 0 saturated carbocycles. The first-order valence-electron chi connectivity index (χ1n) is 29.0. The van der Waals surface area contributed by atoms with E-state index in [1.165, 1.54) is 124 Å². The fourth-order valence-electron chi connectivity index (χ4n) is 3.93. The molecular weight excluding hydrogens is 985 g/mol. The van der Waals surface area contributed by atoms with Gasteiger partial charge in [0.2, 0.25) is 0 Å². The molecule has 5 rings (SSSR count). The Bertz CT molecular complexity index is 1660. The second-order valence-corrected chi connectivity index (χ2v) is 24.6. The molecule has 0 aliphatic heterocycles. The molecule has 0 fully saturated rings. The minimum atomic E-state index is -3.42. The number of rotatable bonds is 9. The molecule has 0 aliphatic rings. The minimum absolute atomic E-state index is 0.177. The van der Waals surface area contributed by atoms with Gasteiger partial charge in [0.05, 0.1) is 7.14 Å². The molecule has 0 atom stereocenters. The molecule has 0 aromatic heterocycles. The predicted molar refractivity (Wildman–Crippen MR) is 360 cm³/mol. The average Bonchev–Trinajstić information content (AvgIpc) is 3.43. The number of aryl methyl sites for hydroxylation is 3. The van der Waals surface area contributed by atoms with E-state index in [2.05, 4.69) is 180 Å². The maximum Gasteiger partial charge on any atom is 0.322 e. The summed E-state index contributed by atoms with van der Waals surface area (Å²) >= 11 is 0. The smallest absolute Gasteiger partial charge is 0.322 e. The van der Waals surface area contributed by atoms with E-state index in [0.29, 0.717) is 6.16 Å². The topological polar surface area (TPSA) is 34.1 Å². The molecule has 77 heavy (non-hydrogen) atoms. The van der Waals surface area contributed by atoms with E-state index in [1.54, 1.807) is 6.07 Å². The highest BCUT2D eigenvalue weighted by Crippen LogP contribution is 2.59. The van der Waals surface area contributed by atoms with E-state index in [0.717, 1.165) is 13.3 Å². The molecule has 0 spiro atoms. The van der Waals surface area contributed by atoms with Crippen LogP contribution >= 0.6 is 14.3 Å². The van der Waals surface area contributed by atoms with Gasteiger partial charge in [0.1, 0.15) is 0 Å². The number of hydrogen-bond acceptors (Lipinski definition) is 2. The first-order valence-corrected chi connectivity index (χ1v) is 34.4. The van der Waals surface area contributed by atoms with Crippen molar-refractivity contribution in [3.8, 4) is 0 Å². The number of benzene rings is 5. The van der Waals surface area contributed by atoms with Gasteiger partial charge in [-0.05, 0) is 53.0 Å². The van der Waals surface area contributed by atoms with Crippen LogP contribution in [0.25, 0.3) is 0 Å². The quantitative estimate of drug-likeness (QED) is 0.0837. The lowest BCUT2D eigenvalue weighted by molar-refractivity contribution is 0.0893. The van der Waals surface area contributed by atoms with Crippen LogP contribution < -0.4 is 0 Å². The van der Waals surface area contributed by atoms with Crippen LogP contribution in [0.3, 0.4) is 0 Å². The summed E-state index contributed by atoms with van der Waals surface area (Å²) < 4.78 is 49.5. The van der Waals surface area contributed by atoms with E-state index >= 15 is 0 Å². The average molecular weight is 1110 g/mol. The molecular formula is C71H127F2O2P2-. The molecule has 0 aliphatic carbocycles. The molecule has 0 heterocycles. The normalized spacial score (nSPS) is 8.79. The third-order valence-corrected chi connectivity index (χ3v) is 11.0. The highest BCUT2D eigenvalue weighted by molar-refractivity contribution is 7.63. The maximum absolute atomic E-state index is 13.4. The van der Waals surface area contributed by atoms with Gasteiger partial charge in [-0.25, -0.2) is 0 Å². The molecule has 0 bridgehead atoms. The Labute approximate surface area is 482 Å². The van der Waals surface area contributed by atoms with E-state index < -0.39 is 19.9 Å². The summed E-state index contributed by atoms with van der Waals surface area (Å²) in [5.41, 5.74) is 1.74. The lowest BCUT2D eigenvalue weighted by atomic mass is 10.2. The van der Waals surface area contributed by atoms with Crippen molar-refractivity contribution in [2.75, 3.05) is 26.7 Å². The van der Waals surface area contributed by atoms with Crippen molar-refractivity contribution < 1.29 is 17.9 Å². The van der Waals surface area contributed by atoms with Crippen molar-refractivity contribution in [2.45, 2.75) is 220 Å². The third-order valence-electron chi connectivity index (χ3n) is 8.23. The monoisotopic (exact) mass is 1110 g/mol. The Hall–Kier alpha value is -4.10. The minimum Gasteiger partial charge on any atom is -0.521 e. The fraction of sp³-hybridized carbons (Fsp3) is 0.521. The maximum atomic E-state index is 13.4. The molecule has 0 saturated heterocycles. The van der Waals surface area contributed by atoms with Crippen LogP contribution in [0.2, 0.25) is 0 Å². The van der Waals surface area contributed by atoms with Crippen LogP contribution in [0.5, 0.6) is 0 Å². The summed E-state index contributed by atoms with van der Waals surface area (Å²) in [7, 11) is -5.31. The molecule has 0 amide bonds. The van der Waals surface area contributed by atoms with Crippen LogP contribution in [0, 0.1) is 27.4 Å². The summed E-state index contributed by atoms with van der Waals surface area (Å²) in [6.45, 7) is 59.3. The van der Waals surface area contributed by atoms with Gasteiger partial charge in [-0.3, -0.25) is 6.58 Å². The zero-order valence-corrected chi connectivity index (χ0v) is 56.6. The summed E-state index contributed by atoms with van der Waals surface area (Å²) in [6, 6.07) is 48.0. The van der Waals surface area contributed by atoms with E-state index in [9.17, 15) is 17.9 Å². The summed E-state index contributed by atoms with van der Waals surface area (Å²) in [4.78, 5) is 0. The highest BCUT2D eigenvalue weighted by atomic mass is 31.2. The van der Waals surface area contributed by atoms with Crippen molar-refractivity contribution in [1.29, 1.82) is 0 Å². The number of halogens is 2. The third kappa shape index (κ3) is 94.7. The highest BCUT2D eigenvalue weighted by Gasteiger charge is 2.44. The molecule has 2 nitrogen and oxygen atoms in total. The zero-order valence-electron chi connectivity index (χ0n) is 54.8. The van der Waals surface area contributed by atoms with Crippen molar-refractivity contribution in [3.63, 3.8) is 0 Å². The number of alkyl halides is 2.